The van der Waals surface area contributed by atoms with E-state index in [1.807, 2.05) is 0 Å². The molecule has 1 aliphatic rings. The van der Waals surface area contributed by atoms with Crippen LogP contribution in [0.1, 0.15) is 35.4 Å². The molecule has 0 amide bonds. The summed E-state index contributed by atoms with van der Waals surface area (Å²) in [5.74, 6) is 0.858. The number of fused-ring (bicyclic) bond motifs is 2. The zero-order valence-corrected chi connectivity index (χ0v) is 12.9. The Bertz CT molecular complexity index is 924. The number of imidazole rings is 1. The van der Waals surface area contributed by atoms with Crippen LogP contribution in [0.25, 0.3) is 11.2 Å². The number of aryl methyl sites for hydroxylation is 4. The van der Waals surface area contributed by atoms with Crippen LogP contribution in [0.15, 0.2) is 23.0 Å². The Labute approximate surface area is 133 Å². The quantitative estimate of drug-likeness (QED) is 0.687. The number of nitrogens with zero attached hydrogens (tertiary/aromatic N) is 2. The fourth-order valence-electron chi connectivity index (χ4n) is 3.30. The molecule has 4 rings (SSSR count). The maximum atomic E-state index is 11.8. The van der Waals surface area contributed by atoms with Crippen molar-refractivity contribution in [1.82, 2.24) is 19.9 Å². The van der Waals surface area contributed by atoms with Crippen LogP contribution in [0.3, 0.4) is 0 Å². The molecule has 118 valence electrons. The van der Waals surface area contributed by atoms with Gasteiger partial charge < -0.3 is 10.7 Å². The fraction of sp³-hybridized carbons (Fsp3) is 0.353. The third kappa shape index (κ3) is 2.72. The van der Waals surface area contributed by atoms with Crippen molar-refractivity contribution in [3.63, 3.8) is 0 Å². The SMILES string of the molecule is Nc1nc2nc(CCc3ccc4c(c3)CCCC4)[nH]c2c(=O)[nH]1. The number of H-pyrrole nitrogens is 2. The lowest BCUT2D eigenvalue weighted by Crippen LogP contribution is -2.10. The van der Waals surface area contributed by atoms with Crippen molar-refractivity contribution >= 4 is 17.1 Å². The Morgan fingerprint density at radius 1 is 1.04 bits per heavy atom. The van der Waals surface area contributed by atoms with E-state index in [4.69, 9.17) is 5.73 Å². The van der Waals surface area contributed by atoms with Crippen LogP contribution in [0.2, 0.25) is 0 Å². The second-order valence-electron chi connectivity index (χ2n) is 6.14. The summed E-state index contributed by atoms with van der Waals surface area (Å²) in [4.78, 5) is 25.7. The zero-order valence-electron chi connectivity index (χ0n) is 12.9. The predicted molar refractivity (Wildman–Crippen MR) is 89.4 cm³/mol. The molecule has 0 radical (unpaired) electrons. The van der Waals surface area contributed by atoms with Gasteiger partial charge in [-0.2, -0.15) is 4.98 Å². The summed E-state index contributed by atoms with van der Waals surface area (Å²) in [6.45, 7) is 0. The first-order valence-electron chi connectivity index (χ1n) is 8.04. The van der Waals surface area contributed by atoms with Crippen LogP contribution < -0.4 is 11.3 Å². The third-order valence-corrected chi connectivity index (χ3v) is 4.49. The molecule has 0 bridgehead atoms. The number of nitrogens with two attached hydrogens (primary N) is 1. The van der Waals surface area contributed by atoms with Crippen molar-refractivity contribution in [2.75, 3.05) is 5.73 Å². The summed E-state index contributed by atoms with van der Waals surface area (Å²) in [5, 5.41) is 0. The van der Waals surface area contributed by atoms with Gasteiger partial charge in [-0.3, -0.25) is 9.78 Å². The molecule has 1 aliphatic carbocycles. The average molecular weight is 309 g/mol. The second kappa shape index (κ2) is 5.53. The van der Waals surface area contributed by atoms with E-state index in [-0.39, 0.29) is 11.5 Å². The standard InChI is InChI=1S/C17H19N5O/c18-17-21-15-14(16(23)22-17)19-13(20-15)8-6-10-5-7-11-3-1-2-4-12(11)9-10/h5,7,9H,1-4,6,8H2,(H4,18,19,20,21,22,23). The summed E-state index contributed by atoms with van der Waals surface area (Å²) in [6, 6.07) is 6.78. The minimum atomic E-state index is -0.278. The molecule has 0 atom stereocenters. The molecule has 2 heterocycles. The lowest BCUT2D eigenvalue weighted by Gasteiger charge is -2.16. The van der Waals surface area contributed by atoms with Gasteiger partial charge in [-0.1, -0.05) is 18.2 Å². The van der Waals surface area contributed by atoms with Crippen LogP contribution >= 0.6 is 0 Å². The van der Waals surface area contributed by atoms with Gasteiger partial charge in [0.15, 0.2) is 11.2 Å². The van der Waals surface area contributed by atoms with E-state index in [0.29, 0.717) is 11.2 Å². The lowest BCUT2D eigenvalue weighted by molar-refractivity contribution is 0.684. The largest absolute Gasteiger partial charge is 0.369 e. The van der Waals surface area contributed by atoms with Crippen molar-refractivity contribution in [3.05, 3.63) is 51.1 Å². The summed E-state index contributed by atoms with van der Waals surface area (Å²) in [6.07, 6.45) is 6.61. The highest BCUT2D eigenvalue weighted by atomic mass is 16.1. The predicted octanol–water partition coefficient (Wildman–Crippen LogP) is 1.89. The molecule has 0 fully saturated rings. The average Bonchev–Trinajstić information content (AvgIpc) is 2.96. The first-order chi connectivity index (χ1) is 11.2. The van der Waals surface area contributed by atoms with Crippen LogP contribution in [-0.2, 0) is 25.7 Å². The summed E-state index contributed by atoms with van der Waals surface area (Å²) in [5.41, 5.74) is 10.3. The number of rotatable bonds is 3. The highest BCUT2D eigenvalue weighted by molar-refractivity contribution is 5.70. The molecule has 6 nitrogen and oxygen atoms in total. The summed E-state index contributed by atoms with van der Waals surface area (Å²) >= 11 is 0. The van der Waals surface area contributed by atoms with Crippen molar-refractivity contribution in [1.29, 1.82) is 0 Å². The molecule has 4 N–H and O–H groups in total. The first-order valence-corrected chi connectivity index (χ1v) is 8.04. The molecule has 0 saturated heterocycles. The van der Waals surface area contributed by atoms with Gasteiger partial charge in [0.2, 0.25) is 5.95 Å². The van der Waals surface area contributed by atoms with E-state index in [2.05, 4.69) is 38.1 Å². The van der Waals surface area contributed by atoms with Crippen molar-refractivity contribution < 1.29 is 0 Å². The molecule has 0 aliphatic heterocycles. The van der Waals surface area contributed by atoms with Gasteiger partial charge in [0.25, 0.3) is 5.56 Å². The molecule has 23 heavy (non-hydrogen) atoms. The summed E-state index contributed by atoms with van der Waals surface area (Å²) < 4.78 is 0. The number of hydrogen-bond acceptors (Lipinski definition) is 4. The minimum Gasteiger partial charge on any atom is -0.369 e. The summed E-state index contributed by atoms with van der Waals surface area (Å²) in [7, 11) is 0. The normalized spacial score (nSPS) is 14.1. The highest BCUT2D eigenvalue weighted by Crippen LogP contribution is 2.22. The number of aromatic nitrogens is 4. The van der Waals surface area contributed by atoms with Crippen LogP contribution in [0.5, 0.6) is 0 Å². The number of nitrogen functional groups attached to an aromatic ring is 1. The lowest BCUT2D eigenvalue weighted by atomic mass is 9.90. The van der Waals surface area contributed by atoms with Gasteiger partial charge in [0.05, 0.1) is 0 Å². The van der Waals surface area contributed by atoms with E-state index < -0.39 is 0 Å². The van der Waals surface area contributed by atoms with E-state index in [1.165, 1.54) is 42.4 Å². The molecule has 2 aromatic heterocycles. The molecule has 1 aromatic carbocycles. The second-order valence-corrected chi connectivity index (χ2v) is 6.14. The van der Waals surface area contributed by atoms with E-state index in [9.17, 15) is 4.79 Å². The maximum absolute atomic E-state index is 11.8. The molecule has 0 unspecified atom stereocenters. The van der Waals surface area contributed by atoms with Crippen molar-refractivity contribution in [3.8, 4) is 0 Å². The van der Waals surface area contributed by atoms with Gasteiger partial charge >= 0.3 is 0 Å². The van der Waals surface area contributed by atoms with Gasteiger partial charge in [0, 0.05) is 6.42 Å². The number of nitrogens with one attached hydrogen (secondary N) is 2. The van der Waals surface area contributed by atoms with E-state index in [0.717, 1.165) is 18.7 Å². The first kappa shape index (κ1) is 14.0. The highest BCUT2D eigenvalue weighted by Gasteiger charge is 2.11. The Hall–Kier alpha value is -2.63. The zero-order chi connectivity index (χ0) is 15.8. The maximum Gasteiger partial charge on any atom is 0.278 e. The molecule has 6 heteroatoms. The van der Waals surface area contributed by atoms with Gasteiger partial charge in [-0.15, -0.1) is 0 Å². The van der Waals surface area contributed by atoms with Crippen LogP contribution in [-0.4, -0.2) is 19.9 Å². The fourth-order valence-corrected chi connectivity index (χ4v) is 3.30. The number of aromatic amines is 2. The van der Waals surface area contributed by atoms with Crippen molar-refractivity contribution in [2.45, 2.75) is 38.5 Å². The van der Waals surface area contributed by atoms with Gasteiger partial charge in [0.1, 0.15) is 5.82 Å². The molecular formula is C17H19N5O. The number of benzene rings is 1. The van der Waals surface area contributed by atoms with Crippen LogP contribution in [0, 0.1) is 0 Å². The van der Waals surface area contributed by atoms with Gasteiger partial charge in [-0.25, -0.2) is 4.98 Å². The minimum absolute atomic E-state index is 0.0928. The monoisotopic (exact) mass is 309 g/mol. The van der Waals surface area contributed by atoms with E-state index >= 15 is 0 Å². The van der Waals surface area contributed by atoms with Gasteiger partial charge in [-0.05, 0) is 48.8 Å². The Kier molecular flexibility index (Phi) is 3.37. The van der Waals surface area contributed by atoms with E-state index in [1.54, 1.807) is 0 Å². The third-order valence-electron chi connectivity index (χ3n) is 4.49. The Morgan fingerprint density at radius 2 is 1.87 bits per heavy atom. The van der Waals surface area contributed by atoms with Crippen molar-refractivity contribution in [2.24, 2.45) is 0 Å². The number of anilines is 1. The smallest absolute Gasteiger partial charge is 0.278 e. The number of hydrogen-bond donors (Lipinski definition) is 3. The molecule has 0 spiro atoms. The Morgan fingerprint density at radius 3 is 2.74 bits per heavy atom. The van der Waals surface area contributed by atoms with Crippen LogP contribution in [0.4, 0.5) is 5.95 Å². The molecule has 3 aromatic rings. The topological polar surface area (TPSA) is 100 Å². The Balaban J connectivity index is 1.55. The molecular weight excluding hydrogens is 290 g/mol. The molecule has 0 saturated carbocycles.